The second kappa shape index (κ2) is 8.34. The van der Waals surface area contributed by atoms with E-state index >= 15 is 0 Å². The number of nitrogens with one attached hydrogen (secondary N) is 1. The summed E-state index contributed by atoms with van der Waals surface area (Å²) in [6.07, 6.45) is 8.55. The average molecular weight is 543 g/mol. The van der Waals surface area contributed by atoms with Crippen molar-refractivity contribution >= 4 is 28.8 Å². The molecular weight excluding hydrogens is 525 g/mol. The summed E-state index contributed by atoms with van der Waals surface area (Å²) in [6, 6.07) is -0.568. The third-order valence-corrected chi connectivity index (χ3v) is 6.91. The maximum absolute atomic E-state index is 14.1. The van der Waals surface area contributed by atoms with Crippen molar-refractivity contribution in [1.82, 2.24) is 44.4 Å². The number of halogens is 4. The lowest BCUT2D eigenvalue weighted by Crippen LogP contribution is -2.25. The summed E-state index contributed by atoms with van der Waals surface area (Å²) in [5.41, 5.74) is 0.880. The molecule has 15 heteroatoms. The van der Waals surface area contributed by atoms with Crippen LogP contribution in [0.1, 0.15) is 43.0 Å². The molecule has 5 aromatic heterocycles. The van der Waals surface area contributed by atoms with Gasteiger partial charge in [-0.25, -0.2) is 19.2 Å². The molecule has 1 amide bonds. The van der Waals surface area contributed by atoms with Gasteiger partial charge in [-0.2, -0.15) is 28.5 Å². The standard InChI is InChI=1S/C23H18ClF3N10O/c1-22(12-8-32-35(11-12)23(2,26)27)7-14(15-10-28-18-6-17(25)34-36(18)19(15)22)21(38)33-13-5-16(24)20(29-9-13)37-30-3-4-31-37/h3-6,8-11,14H,7H2,1-2H3,(H,33,38). The van der Waals surface area contributed by atoms with Crippen LogP contribution in [-0.4, -0.2) is 50.3 Å². The van der Waals surface area contributed by atoms with Crippen LogP contribution in [0.25, 0.3) is 11.5 Å². The van der Waals surface area contributed by atoms with E-state index in [1.807, 2.05) is 0 Å². The molecule has 2 atom stereocenters. The molecule has 0 saturated carbocycles. The number of amides is 1. The number of carbonyl (C=O) groups excluding carboxylic acids is 1. The van der Waals surface area contributed by atoms with Crippen LogP contribution in [0.3, 0.4) is 0 Å². The summed E-state index contributed by atoms with van der Waals surface area (Å²) in [7, 11) is 0. The first-order valence-electron chi connectivity index (χ1n) is 11.4. The average Bonchev–Trinajstić information content (AvgIpc) is 3.64. The highest BCUT2D eigenvalue weighted by atomic mass is 35.5. The molecule has 1 aliphatic rings. The number of alkyl halides is 2. The number of pyridine rings is 1. The minimum atomic E-state index is -3.23. The number of carbonyl (C=O) groups is 1. The molecule has 1 aliphatic carbocycles. The number of hydrogen-bond acceptors (Lipinski definition) is 7. The van der Waals surface area contributed by atoms with Crippen molar-refractivity contribution in [3.05, 3.63) is 77.1 Å². The maximum Gasteiger partial charge on any atom is 0.340 e. The minimum absolute atomic E-state index is 0.161. The highest BCUT2D eigenvalue weighted by Crippen LogP contribution is 2.50. The maximum atomic E-state index is 14.1. The molecule has 11 nitrogen and oxygen atoms in total. The molecule has 38 heavy (non-hydrogen) atoms. The molecule has 0 saturated heterocycles. The van der Waals surface area contributed by atoms with Gasteiger partial charge in [-0.3, -0.25) is 4.79 Å². The zero-order valence-electron chi connectivity index (χ0n) is 19.8. The van der Waals surface area contributed by atoms with Crippen LogP contribution in [0.5, 0.6) is 0 Å². The van der Waals surface area contributed by atoms with Crippen LogP contribution < -0.4 is 5.32 Å². The van der Waals surface area contributed by atoms with Crippen molar-refractivity contribution in [2.75, 3.05) is 5.32 Å². The fourth-order valence-corrected chi connectivity index (χ4v) is 5.09. The molecule has 0 aliphatic heterocycles. The lowest BCUT2D eigenvalue weighted by molar-refractivity contribution is -0.117. The fourth-order valence-electron chi connectivity index (χ4n) is 4.85. The molecule has 6 rings (SSSR count). The summed E-state index contributed by atoms with van der Waals surface area (Å²) < 4.78 is 43.9. The number of anilines is 1. The summed E-state index contributed by atoms with van der Waals surface area (Å²) in [5.74, 6) is -1.68. The summed E-state index contributed by atoms with van der Waals surface area (Å²) >= 11 is 6.33. The summed E-state index contributed by atoms with van der Waals surface area (Å²) in [6.45, 7) is 2.50. The Morgan fingerprint density at radius 2 is 1.92 bits per heavy atom. The van der Waals surface area contributed by atoms with Crippen molar-refractivity contribution in [3.8, 4) is 5.82 Å². The third-order valence-electron chi connectivity index (χ3n) is 6.63. The molecule has 0 fully saturated rings. The minimum Gasteiger partial charge on any atom is -0.324 e. The Labute approximate surface area is 217 Å². The number of rotatable bonds is 5. The second-order valence-electron chi connectivity index (χ2n) is 9.24. The van der Waals surface area contributed by atoms with Gasteiger partial charge in [0.05, 0.1) is 47.1 Å². The Morgan fingerprint density at radius 1 is 1.16 bits per heavy atom. The third kappa shape index (κ3) is 3.79. The number of hydrogen-bond donors (Lipinski definition) is 1. The van der Waals surface area contributed by atoms with E-state index < -0.39 is 29.2 Å². The normalized spacial score (nSPS) is 19.2. The van der Waals surface area contributed by atoms with Crippen LogP contribution in [0.15, 0.2) is 49.3 Å². The first kappa shape index (κ1) is 24.0. The van der Waals surface area contributed by atoms with Gasteiger partial charge in [-0.1, -0.05) is 11.6 Å². The Hall–Kier alpha value is -4.33. The predicted octanol–water partition coefficient (Wildman–Crippen LogP) is 3.70. The molecule has 194 valence electrons. The summed E-state index contributed by atoms with van der Waals surface area (Å²) in [5, 5.41) is 18.7. The summed E-state index contributed by atoms with van der Waals surface area (Å²) in [4.78, 5) is 23.3. The molecule has 0 radical (unpaired) electrons. The Morgan fingerprint density at radius 3 is 2.61 bits per heavy atom. The van der Waals surface area contributed by atoms with E-state index in [4.69, 9.17) is 11.6 Å². The molecule has 1 N–H and O–H groups in total. The smallest absolute Gasteiger partial charge is 0.324 e. The van der Waals surface area contributed by atoms with Gasteiger partial charge in [0, 0.05) is 41.9 Å². The lowest BCUT2D eigenvalue weighted by atomic mass is 9.80. The molecule has 0 spiro atoms. The number of nitrogens with zero attached hydrogens (tertiary/aromatic N) is 9. The monoisotopic (exact) mass is 542 g/mol. The molecule has 2 unspecified atom stereocenters. The molecular formula is C23H18ClF3N10O. The van der Waals surface area contributed by atoms with E-state index in [2.05, 4.69) is 35.7 Å². The van der Waals surface area contributed by atoms with Crippen molar-refractivity contribution in [1.29, 1.82) is 0 Å². The van der Waals surface area contributed by atoms with Crippen molar-refractivity contribution in [3.63, 3.8) is 0 Å². The van der Waals surface area contributed by atoms with E-state index in [0.29, 0.717) is 27.2 Å². The lowest BCUT2D eigenvalue weighted by Gasteiger charge is -2.24. The topological polar surface area (TPSA) is 121 Å². The molecule has 0 bridgehead atoms. The second-order valence-corrected chi connectivity index (χ2v) is 9.65. The van der Waals surface area contributed by atoms with E-state index in [-0.39, 0.29) is 22.9 Å². The van der Waals surface area contributed by atoms with Crippen LogP contribution in [-0.2, 0) is 16.3 Å². The zero-order chi connectivity index (χ0) is 26.8. The van der Waals surface area contributed by atoms with Gasteiger partial charge in [0.1, 0.15) is 0 Å². The van der Waals surface area contributed by atoms with Crippen LogP contribution in [0.4, 0.5) is 18.9 Å². The van der Waals surface area contributed by atoms with Crippen molar-refractivity contribution < 1.29 is 18.0 Å². The largest absolute Gasteiger partial charge is 0.340 e. The van der Waals surface area contributed by atoms with Gasteiger partial charge in [0.25, 0.3) is 0 Å². The Kier molecular flexibility index (Phi) is 5.28. The van der Waals surface area contributed by atoms with Crippen LogP contribution >= 0.6 is 11.6 Å². The van der Waals surface area contributed by atoms with E-state index in [1.165, 1.54) is 52.6 Å². The number of fused-ring (bicyclic) bond motifs is 3. The van der Waals surface area contributed by atoms with Crippen LogP contribution in [0.2, 0.25) is 5.02 Å². The van der Waals surface area contributed by atoms with E-state index in [0.717, 1.165) is 13.0 Å². The van der Waals surface area contributed by atoms with Gasteiger partial charge in [-0.15, -0.1) is 9.90 Å². The predicted molar refractivity (Wildman–Crippen MR) is 128 cm³/mol. The van der Waals surface area contributed by atoms with Gasteiger partial charge >= 0.3 is 6.05 Å². The van der Waals surface area contributed by atoms with Gasteiger partial charge in [0.15, 0.2) is 11.5 Å². The fraction of sp³-hybridized carbons (Fsp3) is 0.261. The molecule has 5 aromatic rings. The van der Waals surface area contributed by atoms with Crippen LogP contribution in [0, 0.1) is 5.95 Å². The quantitative estimate of drug-likeness (QED) is 0.359. The van der Waals surface area contributed by atoms with E-state index in [9.17, 15) is 18.0 Å². The van der Waals surface area contributed by atoms with Gasteiger partial charge < -0.3 is 5.32 Å². The van der Waals surface area contributed by atoms with Crippen molar-refractivity contribution in [2.24, 2.45) is 0 Å². The Bertz CT molecular complexity index is 1690. The first-order valence-corrected chi connectivity index (χ1v) is 11.7. The van der Waals surface area contributed by atoms with E-state index in [1.54, 1.807) is 6.92 Å². The SMILES string of the molecule is CC1(c2cnn(C(C)(F)F)c2)CC(C(=O)Nc2cnc(-n3nccn3)c(Cl)c2)c2cnc3cc(F)nn3c21. The Balaban J connectivity index is 1.39. The van der Waals surface area contributed by atoms with Gasteiger partial charge in [0.2, 0.25) is 11.9 Å². The molecule has 0 aromatic carbocycles. The highest BCUT2D eigenvalue weighted by molar-refractivity contribution is 6.32. The highest BCUT2D eigenvalue weighted by Gasteiger charge is 2.48. The number of aromatic nitrogens is 9. The first-order chi connectivity index (χ1) is 18.0. The molecule has 5 heterocycles. The van der Waals surface area contributed by atoms with Crippen molar-refractivity contribution in [2.45, 2.75) is 37.6 Å². The van der Waals surface area contributed by atoms with Gasteiger partial charge in [-0.05, 0) is 19.4 Å². The zero-order valence-corrected chi connectivity index (χ0v) is 20.6.